The lowest BCUT2D eigenvalue weighted by Gasteiger charge is -2.27. The van der Waals surface area contributed by atoms with Crippen LogP contribution < -0.4 is 10.1 Å². The van der Waals surface area contributed by atoms with Gasteiger partial charge in [-0.05, 0) is 44.0 Å². The lowest BCUT2D eigenvalue weighted by molar-refractivity contribution is -0.139. The molecule has 1 aromatic carbocycles. The van der Waals surface area contributed by atoms with Crippen molar-refractivity contribution in [3.63, 3.8) is 0 Å². The highest BCUT2D eigenvalue weighted by molar-refractivity contribution is 5.97. The first-order valence-corrected chi connectivity index (χ1v) is 9.52. The van der Waals surface area contributed by atoms with Crippen LogP contribution in [0.5, 0.6) is 5.75 Å². The smallest absolute Gasteiger partial charge is 0.260 e. The maximum atomic E-state index is 12.5. The van der Waals surface area contributed by atoms with E-state index >= 15 is 0 Å². The Kier molecular flexibility index (Phi) is 8.06. The van der Waals surface area contributed by atoms with Crippen molar-refractivity contribution < 1.29 is 23.8 Å². The average molecular weight is 378 g/mol. The van der Waals surface area contributed by atoms with Crippen LogP contribution in [0.15, 0.2) is 24.3 Å². The van der Waals surface area contributed by atoms with E-state index in [4.69, 9.17) is 14.2 Å². The highest BCUT2D eigenvalue weighted by atomic mass is 16.5. The molecule has 1 atom stereocenters. The summed E-state index contributed by atoms with van der Waals surface area (Å²) < 4.78 is 16.5. The number of hydrogen-bond acceptors (Lipinski definition) is 5. The fourth-order valence-corrected chi connectivity index (χ4v) is 2.60. The quantitative estimate of drug-likeness (QED) is 0.714. The van der Waals surface area contributed by atoms with Gasteiger partial charge in [0.25, 0.3) is 11.8 Å². The van der Waals surface area contributed by atoms with E-state index in [0.29, 0.717) is 50.8 Å². The molecule has 0 aliphatic carbocycles. The van der Waals surface area contributed by atoms with Crippen LogP contribution in [0.2, 0.25) is 0 Å². The second-order valence-corrected chi connectivity index (χ2v) is 6.69. The molecule has 1 aliphatic heterocycles. The third-order valence-corrected chi connectivity index (χ3v) is 4.62. The Labute approximate surface area is 161 Å². The molecular weight excluding hydrogens is 348 g/mol. The molecule has 0 spiro atoms. The number of carbonyl (C=O) groups excluding carboxylic acids is 2. The third-order valence-electron chi connectivity index (χ3n) is 4.62. The average Bonchev–Trinajstić information content (AvgIpc) is 2.71. The topological polar surface area (TPSA) is 77.1 Å². The maximum absolute atomic E-state index is 12.5. The molecule has 1 saturated heterocycles. The van der Waals surface area contributed by atoms with Gasteiger partial charge in [-0.15, -0.1) is 0 Å². The lowest BCUT2D eigenvalue weighted by Crippen LogP contribution is -2.43. The normalized spacial score (nSPS) is 16.5. The molecule has 0 saturated carbocycles. The summed E-state index contributed by atoms with van der Waals surface area (Å²) in [6.07, 6.45) is 1.45. The third kappa shape index (κ3) is 6.22. The highest BCUT2D eigenvalue weighted by Gasteiger charge is 2.32. The molecule has 7 heteroatoms. The van der Waals surface area contributed by atoms with Gasteiger partial charge >= 0.3 is 0 Å². The molecule has 1 heterocycles. The van der Waals surface area contributed by atoms with Crippen molar-refractivity contribution in [2.45, 2.75) is 39.2 Å². The van der Waals surface area contributed by atoms with Gasteiger partial charge in [-0.1, -0.05) is 13.8 Å². The highest BCUT2D eigenvalue weighted by Crippen LogP contribution is 2.21. The van der Waals surface area contributed by atoms with Crippen molar-refractivity contribution in [2.75, 3.05) is 44.8 Å². The van der Waals surface area contributed by atoms with Crippen LogP contribution in [-0.2, 0) is 19.1 Å². The minimum Gasteiger partial charge on any atom is -0.484 e. The number of hydrogen-bond donors (Lipinski definition) is 1. The van der Waals surface area contributed by atoms with Crippen LogP contribution in [0.1, 0.15) is 33.6 Å². The van der Waals surface area contributed by atoms with Gasteiger partial charge < -0.3 is 24.4 Å². The number of rotatable bonds is 9. The zero-order valence-corrected chi connectivity index (χ0v) is 16.5. The molecule has 1 N–H and O–H groups in total. The summed E-state index contributed by atoms with van der Waals surface area (Å²) in [7, 11) is 0. The molecule has 27 heavy (non-hydrogen) atoms. The fraction of sp³-hybridized carbons (Fsp3) is 0.600. The summed E-state index contributed by atoms with van der Waals surface area (Å²) in [5.74, 6) is 0.354. The SMILES string of the molecule is CCCO[C@](C)(CC)C(=O)Nc1ccc(OCC(=O)N2CCOCC2)cc1. The molecule has 2 amide bonds. The molecular formula is C20H30N2O5. The van der Waals surface area contributed by atoms with Gasteiger partial charge in [0.05, 0.1) is 13.2 Å². The molecule has 1 aliphatic rings. The monoisotopic (exact) mass is 378 g/mol. The minimum atomic E-state index is -0.851. The molecule has 1 aromatic rings. The van der Waals surface area contributed by atoms with E-state index < -0.39 is 5.60 Å². The number of morpholine rings is 1. The van der Waals surface area contributed by atoms with Crippen LogP contribution in [0.25, 0.3) is 0 Å². The standard InChI is InChI=1S/C20H30N2O5/c1-4-12-27-20(3,5-2)19(24)21-16-6-8-17(9-7-16)26-15-18(23)22-10-13-25-14-11-22/h6-9H,4-5,10-15H2,1-3H3,(H,21,24)/t20-/m1/s1. The van der Waals surface area contributed by atoms with Crippen molar-refractivity contribution in [2.24, 2.45) is 0 Å². The minimum absolute atomic E-state index is 0.00945. The van der Waals surface area contributed by atoms with E-state index in [2.05, 4.69) is 5.32 Å². The molecule has 0 aromatic heterocycles. The largest absolute Gasteiger partial charge is 0.484 e. The van der Waals surface area contributed by atoms with Crippen molar-refractivity contribution in [1.29, 1.82) is 0 Å². The number of amides is 2. The zero-order chi connectivity index (χ0) is 19.7. The first-order chi connectivity index (χ1) is 13.0. The van der Waals surface area contributed by atoms with Gasteiger partial charge in [0.2, 0.25) is 0 Å². The summed E-state index contributed by atoms with van der Waals surface area (Å²) in [6.45, 7) is 8.61. The molecule has 0 radical (unpaired) electrons. The van der Waals surface area contributed by atoms with E-state index in [1.807, 2.05) is 13.8 Å². The van der Waals surface area contributed by atoms with Gasteiger partial charge in [0.15, 0.2) is 6.61 Å². The number of anilines is 1. The van der Waals surface area contributed by atoms with Gasteiger partial charge in [-0.2, -0.15) is 0 Å². The number of nitrogens with zero attached hydrogens (tertiary/aromatic N) is 1. The predicted octanol–water partition coefficient (Wildman–Crippen LogP) is 2.46. The van der Waals surface area contributed by atoms with Gasteiger partial charge in [-0.25, -0.2) is 0 Å². The Bertz CT molecular complexity index is 613. The Morgan fingerprint density at radius 2 is 1.85 bits per heavy atom. The molecule has 0 unspecified atom stereocenters. The zero-order valence-electron chi connectivity index (χ0n) is 16.5. The molecule has 0 bridgehead atoms. The summed E-state index contributed by atoms with van der Waals surface area (Å²) in [5, 5.41) is 2.88. The first kappa shape index (κ1) is 21.2. The summed E-state index contributed by atoms with van der Waals surface area (Å²) in [5.41, 5.74) is -0.193. The van der Waals surface area contributed by atoms with Crippen LogP contribution in [0.4, 0.5) is 5.69 Å². The van der Waals surface area contributed by atoms with E-state index in [1.165, 1.54) is 0 Å². The number of carbonyl (C=O) groups is 2. The maximum Gasteiger partial charge on any atom is 0.260 e. The van der Waals surface area contributed by atoms with Crippen LogP contribution >= 0.6 is 0 Å². The molecule has 150 valence electrons. The van der Waals surface area contributed by atoms with Gasteiger partial charge in [-0.3, -0.25) is 9.59 Å². The molecule has 1 fully saturated rings. The Balaban J connectivity index is 1.85. The number of benzene rings is 1. The first-order valence-electron chi connectivity index (χ1n) is 9.52. The predicted molar refractivity (Wildman–Crippen MR) is 103 cm³/mol. The second-order valence-electron chi connectivity index (χ2n) is 6.69. The van der Waals surface area contributed by atoms with Gasteiger partial charge in [0, 0.05) is 25.4 Å². The molecule has 7 nitrogen and oxygen atoms in total. The number of nitrogens with one attached hydrogen (secondary N) is 1. The number of ether oxygens (including phenoxy) is 3. The Hall–Kier alpha value is -2.12. The summed E-state index contributed by atoms with van der Waals surface area (Å²) in [4.78, 5) is 26.3. The summed E-state index contributed by atoms with van der Waals surface area (Å²) in [6, 6.07) is 6.97. The van der Waals surface area contributed by atoms with E-state index in [1.54, 1.807) is 36.1 Å². The van der Waals surface area contributed by atoms with Crippen molar-refractivity contribution in [3.8, 4) is 5.75 Å². The van der Waals surface area contributed by atoms with E-state index in [9.17, 15) is 9.59 Å². The van der Waals surface area contributed by atoms with Crippen molar-refractivity contribution >= 4 is 17.5 Å². The van der Waals surface area contributed by atoms with Crippen molar-refractivity contribution in [3.05, 3.63) is 24.3 Å². The molecule has 2 rings (SSSR count). The Morgan fingerprint density at radius 3 is 2.44 bits per heavy atom. The van der Waals surface area contributed by atoms with E-state index in [-0.39, 0.29) is 18.4 Å². The van der Waals surface area contributed by atoms with Crippen LogP contribution in [0.3, 0.4) is 0 Å². The Morgan fingerprint density at radius 1 is 1.19 bits per heavy atom. The van der Waals surface area contributed by atoms with Crippen LogP contribution in [-0.4, -0.2) is 61.8 Å². The van der Waals surface area contributed by atoms with E-state index in [0.717, 1.165) is 6.42 Å². The van der Waals surface area contributed by atoms with Crippen molar-refractivity contribution in [1.82, 2.24) is 4.90 Å². The van der Waals surface area contributed by atoms with Gasteiger partial charge in [0.1, 0.15) is 11.4 Å². The lowest BCUT2D eigenvalue weighted by atomic mass is 10.0. The fourth-order valence-electron chi connectivity index (χ4n) is 2.60. The second kappa shape index (κ2) is 10.3. The van der Waals surface area contributed by atoms with Crippen LogP contribution in [0, 0.1) is 0 Å². The summed E-state index contributed by atoms with van der Waals surface area (Å²) >= 11 is 0.